The Hall–Kier alpha value is -1.86. The summed E-state index contributed by atoms with van der Waals surface area (Å²) in [4.78, 5) is 2.35. The predicted molar refractivity (Wildman–Crippen MR) is 148 cm³/mol. The molecule has 0 bridgehead atoms. The van der Waals surface area contributed by atoms with Crippen molar-refractivity contribution in [1.29, 1.82) is 0 Å². The number of nitrogens with one attached hydrogen (secondary N) is 2. The van der Waals surface area contributed by atoms with Crippen LogP contribution < -0.4 is 10.6 Å². The van der Waals surface area contributed by atoms with Crippen LogP contribution in [0, 0.1) is 6.92 Å². The average molecular weight is 522 g/mol. The maximum Gasteiger partial charge on any atom is 0.166 e. The summed E-state index contributed by atoms with van der Waals surface area (Å²) in [7, 11) is 0. The van der Waals surface area contributed by atoms with Gasteiger partial charge in [-0.3, -0.25) is 0 Å². The largest absolute Gasteiger partial charge is 0.363 e. The van der Waals surface area contributed by atoms with Crippen molar-refractivity contribution in [2.75, 3.05) is 6.54 Å². The lowest BCUT2D eigenvalue weighted by Crippen LogP contribution is -2.35. The van der Waals surface area contributed by atoms with Crippen molar-refractivity contribution in [3.8, 4) is 16.3 Å². The molecule has 2 aromatic heterocycles. The maximum atomic E-state index is 6.57. The maximum absolute atomic E-state index is 6.57. The summed E-state index contributed by atoms with van der Waals surface area (Å²) in [5, 5.41) is 13.3. The van der Waals surface area contributed by atoms with E-state index < -0.39 is 0 Å². The second-order valence-electron chi connectivity index (χ2n) is 7.78. The highest BCUT2D eigenvalue weighted by Crippen LogP contribution is 2.36. The topological polar surface area (TPSA) is 41.9 Å². The van der Waals surface area contributed by atoms with Gasteiger partial charge in [0.15, 0.2) is 5.11 Å². The number of aromatic nitrogens is 2. The summed E-state index contributed by atoms with van der Waals surface area (Å²) >= 11 is 19.9. The highest BCUT2D eigenvalue weighted by atomic mass is 35.5. The third-order valence-corrected chi connectivity index (χ3v) is 7.07. The van der Waals surface area contributed by atoms with E-state index in [1.165, 1.54) is 4.88 Å². The molecule has 176 valence electrons. The van der Waals surface area contributed by atoms with Gasteiger partial charge in [0.25, 0.3) is 0 Å². The van der Waals surface area contributed by atoms with Crippen LogP contribution in [0.5, 0.6) is 0 Å². The van der Waals surface area contributed by atoms with Gasteiger partial charge in [-0.25, -0.2) is 4.68 Å². The van der Waals surface area contributed by atoms with Gasteiger partial charge in [0.05, 0.1) is 33.5 Å². The van der Waals surface area contributed by atoms with Crippen LogP contribution in [0.4, 0.5) is 0 Å². The molecule has 0 unspecified atom stereocenters. The molecule has 0 saturated carbocycles. The zero-order valence-electron chi connectivity index (χ0n) is 19.3. The summed E-state index contributed by atoms with van der Waals surface area (Å²) < 4.78 is 1.92. The molecule has 3 rings (SSSR count). The second-order valence-corrected chi connectivity index (χ2v) is 10.2. The lowest BCUT2D eigenvalue weighted by molar-refractivity contribution is 0.731. The number of hydrogen-bond acceptors (Lipinski definition) is 3. The number of nitrogens with zero attached hydrogens (tertiary/aromatic N) is 2. The molecule has 2 N–H and O–H groups in total. The molecular formula is C25H30Cl2N4S2. The number of halogens is 2. The van der Waals surface area contributed by atoms with Crippen molar-refractivity contribution in [1.82, 2.24) is 20.4 Å². The second kappa shape index (κ2) is 12.6. The Labute approximate surface area is 216 Å². The molecule has 0 fully saturated rings. The number of allylic oxidation sites excluding steroid dienone is 1. The minimum absolute atomic E-state index is 0.531. The molecule has 0 spiro atoms. The van der Waals surface area contributed by atoms with Gasteiger partial charge in [-0.1, -0.05) is 56.0 Å². The monoisotopic (exact) mass is 520 g/mol. The fourth-order valence-corrected chi connectivity index (χ4v) is 5.06. The van der Waals surface area contributed by atoms with Crippen LogP contribution in [0.2, 0.25) is 10.0 Å². The van der Waals surface area contributed by atoms with Gasteiger partial charge in [0.1, 0.15) is 0 Å². The van der Waals surface area contributed by atoms with Crippen molar-refractivity contribution in [3.05, 3.63) is 62.6 Å². The predicted octanol–water partition coefficient (Wildman–Crippen LogP) is 7.79. The third kappa shape index (κ3) is 6.82. The van der Waals surface area contributed by atoms with Gasteiger partial charge in [0, 0.05) is 22.0 Å². The highest BCUT2D eigenvalue weighted by Gasteiger charge is 2.20. The molecule has 8 heteroatoms. The molecule has 0 aliphatic rings. The number of rotatable bonds is 10. The van der Waals surface area contributed by atoms with E-state index >= 15 is 0 Å². The van der Waals surface area contributed by atoms with Gasteiger partial charge in [-0.05, 0) is 68.4 Å². The molecule has 2 heterocycles. The van der Waals surface area contributed by atoms with Crippen LogP contribution in [-0.2, 0) is 6.54 Å². The van der Waals surface area contributed by atoms with E-state index in [0.29, 0.717) is 21.7 Å². The van der Waals surface area contributed by atoms with Crippen molar-refractivity contribution < 1.29 is 0 Å². The first-order valence-corrected chi connectivity index (χ1v) is 13.2. The Bertz CT molecular complexity index is 1120. The van der Waals surface area contributed by atoms with E-state index in [1.54, 1.807) is 17.4 Å². The fraction of sp³-hybridized carbons (Fsp3) is 0.360. The molecule has 1 aromatic carbocycles. The quantitative estimate of drug-likeness (QED) is 0.211. The lowest BCUT2D eigenvalue weighted by Gasteiger charge is -2.09. The summed E-state index contributed by atoms with van der Waals surface area (Å²) in [6, 6.07) is 9.79. The Kier molecular flexibility index (Phi) is 9.80. The first-order valence-electron chi connectivity index (χ1n) is 11.3. The average Bonchev–Trinajstić information content (AvgIpc) is 3.37. The smallest absolute Gasteiger partial charge is 0.166 e. The number of benzene rings is 1. The lowest BCUT2D eigenvalue weighted by atomic mass is 10.1. The third-order valence-electron chi connectivity index (χ3n) is 5.19. The van der Waals surface area contributed by atoms with Crippen molar-refractivity contribution >= 4 is 57.9 Å². The molecule has 0 aliphatic carbocycles. The van der Waals surface area contributed by atoms with Crippen LogP contribution >= 0.6 is 46.8 Å². The van der Waals surface area contributed by atoms with Crippen molar-refractivity contribution in [2.24, 2.45) is 0 Å². The SMILES string of the molecule is CCC/C=C/c1ccc(-c2c(C)c(CNC(=S)NCCCC)nn2-c2ccc(Cl)cc2Cl)s1. The molecule has 0 radical (unpaired) electrons. The minimum atomic E-state index is 0.531. The number of thiocarbonyl (C=S) groups is 1. The molecule has 0 amide bonds. The van der Waals surface area contributed by atoms with E-state index in [1.807, 2.05) is 16.8 Å². The fourth-order valence-electron chi connectivity index (χ4n) is 3.37. The number of unbranched alkanes of at least 4 members (excludes halogenated alkanes) is 2. The summed E-state index contributed by atoms with van der Waals surface area (Å²) in [5.74, 6) is 0. The molecule has 33 heavy (non-hydrogen) atoms. The zero-order chi connectivity index (χ0) is 23.8. The Morgan fingerprint density at radius 2 is 1.97 bits per heavy atom. The van der Waals surface area contributed by atoms with E-state index in [-0.39, 0.29) is 0 Å². The van der Waals surface area contributed by atoms with Crippen LogP contribution in [0.25, 0.3) is 22.3 Å². The van der Waals surface area contributed by atoms with E-state index in [9.17, 15) is 0 Å². The number of thiophene rings is 1. The molecule has 4 nitrogen and oxygen atoms in total. The molecule has 0 aliphatic heterocycles. The first-order chi connectivity index (χ1) is 15.9. The van der Waals surface area contributed by atoms with E-state index in [2.05, 4.69) is 55.7 Å². The first kappa shape index (κ1) is 25.8. The van der Waals surface area contributed by atoms with Gasteiger partial charge in [-0.15, -0.1) is 11.3 Å². The van der Waals surface area contributed by atoms with E-state index in [4.69, 9.17) is 40.5 Å². The summed E-state index contributed by atoms with van der Waals surface area (Å²) in [5.41, 5.74) is 3.84. The molecule has 0 saturated heterocycles. The normalized spacial score (nSPS) is 11.3. The van der Waals surface area contributed by atoms with Crippen LogP contribution in [-0.4, -0.2) is 21.4 Å². The van der Waals surface area contributed by atoms with Crippen LogP contribution in [0.3, 0.4) is 0 Å². The summed E-state index contributed by atoms with van der Waals surface area (Å²) in [6.45, 7) is 7.84. The zero-order valence-corrected chi connectivity index (χ0v) is 22.4. The van der Waals surface area contributed by atoms with Gasteiger partial charge in [0.2, 0.25) is 0 Å². The number of hydrogen-bond donors (Lipinski definition) is 2. The van der Waals surface area contributed by atoms with Gasteiger partial charge < -0.3 is 10.6 Å². The standard InChI is InChI=1S/C25H30Cl2N4S2/c1-4-6-8-9-19-11-13-23(33-19)24-17(3)21(16-29-25(32)28-14-7-5-2)30-31(24)22-12-10-18(26)15-20(22)27/h8-13,15H,4-7,14,16H2,1-3H3,(H2,28,29,32)/b9-8+. The van der Waals surface area contributed by atoms with Gasteiger partial charge in [-0.2, -0.15) is 5.10 Å². The van der Waals surface area contributed by atoms with Crippen molar-refractivity contribution in [2.45, 2.75) is 53.0 Å². The van der Waals surface area contributed by atoms with Crippen LogP contribution in [0.15, 0.2) is 36.4 Å². The van der Waals surface area contributed by atoms with Crippen molar-refractivity contribution in [3.63, 3.8) is 0 Å². The van der Waals surface area contributed by atoms with Gasteiger partial charge >= 0.3 is 0 Å². The van der Waals surface area contributed by atoms with E-state index in [0.717, 1.165) is 59.7 Å². The Morgan fingerprint density at radius 3 is 2.70 bits per heavy atom. The molecule has 0 atom stereocenters. The summed E-state index contributed by atoms with van der Waals surface area (Å²) in [6.07, 6.45) is 8.83. The van der Waals surface area contributed by atoms with Crippen LogP contribution in [0.1, 0.15) is 55.7 Å². The Balaban J connectivity index is 1.95. The molecule has 3 aromatic rings. The Morgan fingerprint density at radius 1 is 1.15 bits per heavy atom. The minimum Gasteiger partial charge on any atom is -0.363 e. The molecular weight excluding hydrogens is 491 g/mol. The highest BCUT2D eigenvalue weighted by molar-refractivity contribution is 7.80.